The highest BCUT2D eigenvalue weighted by atomic mass is 16.1. The molecule has 2 nitrogen and oxygen atoms in total. The number of hydrogen-bond acceptors (Lipinski definition) is 1. The van der Waals surface area contributed by atoms with Gasteiger partial charge in [-0.1, -0.05) is 0 Å². The Kier molecular flexibility index (Phi) is 1.62. The van der Waals surface area contributed by atoms with Gasteiger partial charge in [0.1, 0.15) is 0 Å². The van der Waals surface area contributed by atoms with Gasteiger partial charge in [0, 0.05) is 25.0 Å². The third-order valence-corrected chi connectivity index (χ3v) is 1.53. The first-order valence-corrected chi connectivity index (χ1v) is 3.25. The van der Waals surface area contributed by atoms with Gasteiger partial charge in [-0.15, -0.1) is 0 Å². The first-order chi connectivity index (χ1) is 4.61. The predicted molar refractivity (Wildman–Crippen MR) is 40.2 cm³/mol. The highest BCUT2D eigenvalue weighted by molar-refractivity contribution is 5.95. The van der Waals surface area contributed by atoms with Crippen LogP contribution < -0.4 is 0 Å². The summed E-state index contributed by atoms with van der Waals surface area (Å²) in [6, 6.07) is 0. The lowest BCUT2D eigenvalue weighted by molar-refractivity contribution is 0.101. The van der Waals surface area contributed by atoms with Crippen molar-refractivity contribution in [1.82, 2.24) is 4.57 Å². The van der Waals surface area contributed by atoms with Crippen molar-refractivity contribution in [3.8, 4) is 0 Å². The monoisotopic (exact) mass is 137 g/mol. The molecule has 1 rings (SSSR count). The molecule has 0 unspecified atom stereocenters. The van der Waals surface area contributed by atoms with E-state index in [0.717, 1.165) is 11.1 Å². The Balaban J connectivity index is 3.15. The van der Waals surface area contributed by atoms with E-state index in [9.17, 15) is 4.79 Å². The highest BCUT2D eigenvalue weighted by Gasteiger charge is 2.04. The van der Waals surface area contributed by atoms with Crippen LogP contribution in [0.5, 0.6) is 0 Å². The van der Waals surface area contributed by atoms with Gasteiger partial charge in [0.15, 0.2) is 5.78 Å². The van der Waals surface area contributed by atoms with E-state index in [1.54, 1.807) is 6.92 Å². The van der Waals surface area contributed by atoms with E-state index >= 15 is 0 Å². The van der Waals surface area contributed by atoms with E-state index < -0.39 is 0 Å². The van der Waals surface area contributed by atoms with Crippen molar-refractivity contribution < 1.29 is 4.79 Å². The molecule has 0 atom stereocenters. The van der Waals surface area contributed by atoms with Gasteiger partial charge in [0.2, 0.25) is 0 Å². The van der Waals surface area contributed by atoms with Crippen molar-refractivity contribution >= 4 is 5.78 Å². The second-order valence-electron chi connectivity index (χ2n) is 2.58. The largest absolute Gasteiger partial charge is 0.356 e. The fourth-order valence-electron chi connectivity index (χ4n) is 1.09. The SMILES string of the molecule is CC(=O)c1cn(C)cc1C. The maximum atomic E-state index is 10.9. The van der Waals surface area contributed by atoms with Crippen molar-refractivity contribution in [3.05, 3.63) is 23.5 Å². The molecule has 0 spiro atoms. The molecule has 0 aromatic carbocycles. The summed E-state index contributed by atoms with van der Waals surface area (Å²) in [5.74, 6) is 0.137. The topological polar surface area (TPSA) is 22.0 Å². The molecule has 10 heavy (non-hydrogen) atoms. The predicted octanol–water partition coefficient (Wildman–Crippen LogP) is 1.54. The van der Waals surface area contributed by atoms with Gasteiger partial charge in [0.25, 0.3) is 0 Å². The molecule has 54 valence electrons. The minimum atomic E-state index is 0.137. The molecule has 0 bridgehead atoms. The van der Waals surface area contributed by atoms with Gasteiger partial charge < -0.3 is 4.57 Å². The van der Waals surface area contributed by atoms with Crippen molar-refractivity contribution in [2.45, 2.75) is 13.8 Å². The van der Waals surface area contributed by atoms with E-state index in [1.807, 2.05) is 30.9 Å². The molecule has 0 saturated carbocycles. The van der Waals surface area contributed by atoms with Crippen LogP contribution in [0.3, 0.4) is 0 Å². The van der Waals surface area contributed by atoms with E-state index in [0.29, 0.717) is 0 Å². The van der Waals surface area contributed by atoms with Crippen LogP contribution in [0.15, 0.2) is 12.4 Å². The van der Waals surface area contributed by atoms with Crippen molar-refractivity contribution in [3.63, 3.8) is 0 Å². The Morgan fingerprint density at radius 2 is 2.10 bits per heavy atom. The lowest BCUT2D eigenvalue weighted by Crippen LogP contribution is -1.90. The second-order valence-corrected chi connectivity index (χ2v) is 2.58. The maximum Gasteiger partial charge on any atom is 0.161 e. The smallest absolute Gasteiger partial charge is 0.161 e. The number of rotatable bonds is 1. The number of carbonyl (C=O) groups is 1. The summed E-state index contributed by atoms with van der Waals surface area (Å²) >= 11 is 0. The summed E-state index contributed by atoms with van der Waals surface area (Å²) < 4.78 is 1.89. The number of ketones is 1. The van der Waals surface area contributed by atoms with Gasteiger partial charge in [-0.2, -0.15) is 0 Å². The number of hydrogen-bond donors (Lipinski definition) is 0. The third-order valence-electron chi connectivity index (χ3n) is 1.53. The van der Waals surface area contributed by atoms with Crippen molar-refractivity contribution in [2.24, 2.45) is 7.05 Å². The lowest BCUT2D eigenvalue weighted by atomic mass is 10.2. The minimum absolute atomic E-state index is 0.137. The third kappa shape index (κ3) is 1.10. The van der Waals surface area contributed by atoms with Crippen LogP contribution in [0.1, 0.15) is 22.8 Å². The average Bonchev–Trinajstić information content (AvgIpc) is 2.10. The molecule has 0 N–H and O–H groups in total. The Morgan fingerprint density at radius 1 is 1.50 bits per heavy atom. The van der Waals surface area contributed by atoms with Crippen LogP contribution in [0.4, 0.5) is 0 Å². The zero-order chi connectivity index (χ0) is 7.72. The first-order valence-electron chi connectivity index (χ1n) is 3.25. The number of Topliss-reactive ketones (excluding diaryl/α,β-unsaturated/α-hetero) is 1. The fraction of sp³-hybridized carbons (Fsp3) is 0.375. The van der Waals surface area contributed by atoms with Crippen LogP contribution in [0.2, 0.25) is 0 Å². The van der Waals surface area contributed by atoms with E-state index in [-0.39, 0.29) is 5.78 Å². The number of aromatic nitrogens is 1. The Morgan fingerprint density at radius 3 is 2.30 bits per heavy atom. The molecule has 2 heteroatoms. The van der Waals surface area contributed by atoms with Gasteiger partial charge >= 0.3 is 0 Å². The summed E-state index contributed by atoms with van der Waals surface area (Å²) in [6.45, 7) is 3.53. The van der Waals surface area contributed by atoms with Gasteiger partial charge in [-0.3, -0.25) is 4.79 Å². The Hall–Kier alpha value is -1.05. The van der Waals surface area contributed by atoms with E-state index in [4.69, 9.17) is 0 Å². The number of nitrogens with zero attached hydrogens (tertiary/aromatic N) is 1. The van der Waals surface area contributed by atoms with Gasteiger partial charge in [0.05, 0.1) is 0 Å². The molecular formula is C8H11NO. The molecule has 1 heterocycles. The van der Waals surface area contributed by atoms with E-state index in [1.165, 1.54) is 0 Å². The van der Waals surface area contributed by atoms with E-state index in [2.05, 4.69) is 0 Å². The van der Waals surface area contributed by atoms with Crippen molar-refractivity contribution in [1.29, 1.82) is 0 Å². The standard InChI is InChI=1S/C8H11NO/c1-6-4-9(3)5-8(6)7(2)10/h4-5H,1-3H3. The van der Waals surface area contributed by atoms with Gasteiger partial charge in [-0.25, -0.2) is 0 Å². The highest BCUT2D eigenvalue weighted by Crippen LogP contribution is 2.07. The molecule has 0 fully saturated rings. The molecule has 0 aliphatic heterocycles. The molecule has 0 radical (unpaired) electrons. The number of carbonyl (C=O) groups excluding carboxylic acids is 1. The molecule has 1 aromatic heterocycles. The van der Waals surface area contributed by atoms with Crippen LogP contribution in [-0.2, 0) is 7.05 Å². The fourth-order valence-corrected chi connectivity index (χ4v) is 1.09. The van der Waals surface area contributed by atoms with Gasteiger partial charge in [-0.05, 0) is 19.4 Å². The summed E-state index contributed by atoms with van der Waals surface area (Å²) in [5.41, 5.74) is 1.87. The van der Waals surface area contributed by atoms with Crippen LogP contribution in [0.25, 0.3) is 0 Å². The normalized spacial score (nSPS) is 9.90. The second kappa shape index (κ2) is 2.29. The van der Waals surface area contributed by atoms with Crippen LogP contribution in [-0.4, -0.2) is 10.4 Å². The molecule has 1 aromatic rings. The maximum absolute atomic E-state index is 10.9. The Labute approximate surface area is 60.5 Å². The quantitative estimate of drug-likeness (QED) is 0.538. The first kappa shape index (κ1) is 7.06. The van der Waals surface area contributed by atoms with Crippen molar-refractivity contribution in [2.75, 3.05) is 0 Å². The molecule has 0 aliphatic carbocycles. The minimum Gasteiger partial charge on any atom is -0.356 e. The lowest BCUT2D eigenvalue weighted by Gasteiger charge is -1.87. The van der Waals surface area contributed by atoms with Crippen LogP contribution in [0, 0.1) is 6.92 Å². The summed E-state index contributed by atoms with van der Waals surface area (Å²) in [5, 5.41) is 0. The molecule has 0 aliphatic rings. The summed E-state index contributed by atoms with van der Waals surface area (Å²) in [6.07, 6.45) is 3.79. The number of aryl methyl sites for hydroxylation is 2. The average molecular weight is 137 g/mol. The van der Waals surface area contributed by atoms with Crippen LogP contribution >= 0.6 is 0 Å². The summed E-state index contributed by atoms with van der Waals surface area (Å²) in [7, 11) is 1.92. The molecule has 0 saturated heterocycles. The zero-order valence-corrected chi connectivity index (χ0v) is 6.51. The Bertz CT molecular complexity index is 260. The molecule has 0 amide bonds. The zero-order valence-electron chi connectivity index (χ0n) is 6.51. The summed E-state index contributed by atoms with van der Waals surface area (Å²) in [4.78, 5) is 10.9. The molecular weight excluding hydrogens is 126 g/mol.